The number of hydrogen-bond donors (Lipinski definition) is 2. The number of amides is 1. The molecule has 2 N–H and O–H groups in total. The van der Waals surface area contributed by atoms with Gasteiger partial charge in [0.1, 0.15) is 0 Å². The Bertz CT molecular complexity index is 513. The van der Waals surface area contributed by atoms with Gasteiger partial charge in [0, 0.05) is 16.8 Å². The summed E-state index contributed by atoms with van der Waals surface area (Å²) in [5.41, 5.74) is 2.54. The van der Waals surface area contributed by atoms with Gasteiger partial charge >= 0.3 is 6.09 Å². The Labute approximate surface area is 115 Å². The fourth-order valence-corrected chi connectivity index (χ4v) is 1.86. The summed E-state index contributed by atoms with van der Waals surface area (Å²) in [5, 5.41) is 11.7. The zero-order chi connectivity index (χ0) is 13.5. The average molecular weight is 278 g/mol. The van der Waals surface area contributed by atoms with E-state index in [0.29, 0.717) is 18.8 Å². The lowest BCUT2D eigenvalue weighted by molar-refractivity contribution is 0.168. The van der Waals surface area contributed by atoms with Crippen LogP contribution in [-0.4, -0.2) is 22.3 Å². The SMILES string of the molecule is CCOC(=O)Nc1ccc(NCc2csnn2)cc1. The van der Waals surface area contributed by atoms with Gasteiger partial charge in [-0.2, -0.15) is 0 Å². The second kappa shape index (κ2) is 6.69. The molecule has 2 aromatic rings. The quantitative estimate of drug-likeness (QED) is 0.879. The molecule has 0 atom stereocenters. The Balaban J connectivity index is 1.85. The fraction of sp³-hybridized carbons (Fsp3) is 0.250. The normalized spacial score (nSPS) is 9.95. The molecule has 0 bridgehead atoms. The van der Waals surface area contributed by atoms with Gasteiger partial charge in [-0.15, -0.1) is 5.10 Å². The lowest BCUT2D eigenvalue weighted by Crippen LogP contribution is -2.13. The summed E-state index contributed by atoms with van der Waals surface area (Å²) < 4.78 is 8.58. The van der Waals surface area contributed by atoms with Gasteiger partial charge < -0.3 is 10.1 Å². The molecule has 0 radical (unpaired) electrons. The Morgan fingerprint density at radius 3 is 2.68 bits per heavy atom. The molecule has 0 aliphatic carbocycles. The Hall–Kier alpha value is -2.15. The summed E-state index contributed by atoms with van der Waals surface area (Å²) in [6, 6.07) is 7.36. The van der Waals surface area contributed by atoms with Crippen molar-refractivity contribution >= 4 is 29.0 Å². The summed E-state index contributed by atoms with van der Waals surface area (Å²) in [7, 11) is 0. The summed E-state index contributed by atoms with van der Waals surface area (Å²) >= 11 is 1.33. The van der Waals surface area contributed by atoms with Gasteiger partial charge in [0.2, 0.25) is 0 Å². The van der Waals surface area contributed by atoms with E-state index in [9.17, 15) is 4.79 Å². The maximum atomic E-state index is 11.2. The highest BCUT2D eigenvalue weighted by molar-refractivity contribution is 7.03. The van der Waals surface area contributed by atoms with Crippen molar-refractivity contribution in [3.05, 3.63) is 35.3 Å². The van der Waals surface area contributed by atoms with Crippen molar-refractivity contribution in [3.8, 4) is 0 Å². The van der Waals surface area contributed by atoms with Crippen molar-refractivity contribution in [2.75, 3.05) is 17.2 Å². The lowest BCUT2D eigenvalue weighted by Gasteiger charge is -2.07. The predicted octanol–water partition coefficient (Wildman–Crippen LogP) is 2.72. The number of nitrogens with one attached hydrogen (secondary N) is 2. The van der Waals surface area contributed by atoms with Crippen LogP contribution in [0.15, 0.2) is 29.6 Å². The fourth-order valence-electron chi connectivity index (χ4n) is 1.41. The topological polar surface area (TPSA) is 76.1 Å². The van der Waals surface area contributed by atoms with E-state index in [1.807, 2.05) is 17.5 Å². The molecular formula is C12H14N4O2S. The summed E-state index contributed by atoms with van der Waals surface area (Å²) in [4.78, 5) is 11.2. The van der Waals surface area contributed by atoms with Gasteiger partial charge in [-0.3, -0.25) is 5.32 Å². The average Bonchev–Trinajstić information content (AvgIpc) is 2.91. The largest absolute Gasteiger partial charge is 0.450 e. The highest BCUT2D eigenvalue weighted by Crippen LogP contribution is 2.14. The Morgan fingerprint density at radius 2 is 2.05 bits per heavy atom. The van der Waals surface area contributed by atoms with E-state index in [1.165, 1.54) is 11.5 Å². The molecule has 7 heteroatoms. The number of rotatable bonds is 5. The number of hydrogen-bond acceptors (Lipinski definition) is 6. The van der Waals surface area contributed by atoms with Crippen LogP contribution in [0.5, 0.6) is 0 Å². The van der Waals surface area contributed by atoms with Crippen molar-refractivity contribution in [1.82, 2.24) is 9.59 Å². The number of anilines is 2. The van der Waals surface area contributed by atoms with Crippen LogP contribution >= 0.6 is 11.5 Å². The number of carbonyl (C=O) groups is 1. The maximum absolute atomic E-state index is 11.2. The Kier molecular flexibility index (Phi) is 4.68. The zero-order valence-electron chi connectivity index (χ0n) is 10.4. The third kappa shape index (κ3) is 4.22. The van der Waals surface area contributed by atoms with Gasteiger partial charge in [0.05, 0.1) is 18.8 Å². The predicted molar refractivity (Wildman–Crippen MR) is 74.3 cm³/mol. The smallest absolute Gasteiger partial charge is 0.411 e. The summed E-state index contributed by atoms with van der Waals surface area (Å²) in [5.74, 6) is 0. The van der Waals surface area contributed by atoms with E-state index >= 15 is 0 Å². The van der Waals surface area contributed by atoms with Crippen molar-refractivity contribution in [2.45, 2.75) is 13.5 Å². The molecule has 1 amide bonds. The second-order valence-corrected chi connectivity index (χ2v) is 4.28. The van der Waals surface area contributed by atoms with E-state index in [4.69, 9.17) is 4.74 Å². The van der Waals surface area contributed by atoms with E-state index < -0.39 is 6.09 Å². The van der Waals surface area contributed by atoms with Gasteiger partial charge in [-0.25, -0.2) is 4.79 Å². The highest BCUT2D eigenvalue weighted by atomic mass is 32.1. The molecule has 19 heavy (non-hydrogen) atoms. The number of ether oxygens (including phenoxy) is 1. The second-order valence-electron chi connectivity index (χ2n) is 3.67. The summed E-state index contributed by atoms with van der Waals surface area (Å²) in [6.07, 6.45) is -0.447. The van der Waals surface area contributed by atoms with Crippen LogP contribution in [0.1, 0.15) is 12.6 Å². The van der Waals surface area contributed by atoms with E-state index in [1.54, 1.807) is 19.1 Å². The minimum atomic E-state index is -0.447. The van der Waals surface area contributed by atoms with Gasteiger partial charge in [0.25, 0.3) is 0 Å². The molecule has 2 rings (SSSR count). The lowest BCUT2D eigenvalue weighted by atomic mass is 10.3. The standard InChI is InChI=1S/C12H14N4O2S/c1-2-18-12(17)14-10-5-3-9(4-6-10)13-7-11-8-19-16-15-11/h3-6,8,13H,2,7H2,1H3,(H,14,17). The molecule has 1 aromatic heterocycles. The van der Waals surface area contributed by atoms with Crippen molar-refractivity contribution in [1.29, 1.82) is 0 Å². The highest BCUT2D eigenvalue weighted by Gasteiger charge is 2.02. The van der Waals surface area contributed by atoms with E-state index in [-0.39, 0.29) is 0 Å². The van der Waals surface area contributed by atoms with Gasteiger partial charge in [-0.05, 0) is 42.7 Å². The minimum absolute atomic E-state index is 0.354. The van der Waals surface area contributed by atoms with Crippen LogP contribution in [0.2, 0.25) is 0 Å². The molecule has 1 heterocycles. The number of carbonyl (C=O) groups excluding carboxylic acids is 1. The first-order valence-electron chi connectivity index (χ1n) is 5.81. The molecule has 0 spiro atoms. The molecule has 0 aliphatic heterocycles. The van der Waals surface area contributed by atoms with Crippen molar-refractivity contribution in [2.24, 2.45) is 0 Å². The first-order chi connectivity index (χ1) is 9.28. The number of aromatic nitrogens is 2. The first kappa shape index (κ1) is 13.3. The Morgan fingerprint density at radius 1 is 1.32 bits per heavy atom. The molecule has 0 saturated carbocycles. The van der Waals surface area contributed by atoms with Crippen molar-refractivity contribution in [3.63, 3.8) is 0 Å². The van der Waals surface area contributed by atoms with Crippen LogP contribution in [0.4, 0.5) is 16.2 Å². The monoisotopic (exact) mass is 278 g/mol. The molecule has 0 unspecified atom stereocenters. The molecule has 0 saturated heterocycles. The zero-order valence-corrected chi connectivity index (χ0v) is 11.2. The minimum Gasteiger partial charge on any atom is -0.450 e. The third-order valence-electron chi connectivity index (χ3n) is 2.29. The van der Waals surface area contributed by atoms with Crippen LogP contribution in [0.3, 0.4) is 0 Å². The van der Waals surface area contributed by atoms with Crippen LogP contribution in [-0.2, 0) is 11.3 Å². The molecule has 0 fully saturated rings. The molecule has 0 aliphatic rings. The van der Waals surface area contributed by atoms with Gasteiger partial charge in [-0.1, -0.05) is 4.49 Å². The van der Waals surface area contributed by atoms with E-state index in [2.05, 4.69) is 20.2 Å². The first-order valence-corrected chi connectivity index (χ1v) is 6.65. The number of nitrogens with zero attached hydrogens (tertiary/aromatic N) is 2. The molecule has 1 aromatic carbocycles. The molecule has 100 valence electrons. The van der Waals surface area contributed by atoms with Crippen LogP contribution in [0.25, 0.3) is 0 Å². The van der Waals surface area contributed by atoms with E-state index in [0.717, 1.165) is 11.4 Å². The molecule has 6 nitrogen and oxygen atoms in total. The molecular weight excluding hydrogens is 264 g/mol. The van der Waals surface area contributed by atoms with Crippen LogP contribution in [0, 0.1) is 0 Å². The maximum Gasteiger partial charge on any atom is 0.411 e. The summed E-state index contributed by atoms with van der Waals surface area (Å²) in [6.45, 7) is 2.74. The van der Waals surface area contributed by atoms with Crippen LogP contribution < -0.4 is 10.6 Å². The third-order valence-corrected chi connectivity index (χ3v) is 2.84. The van der Waals surface area contributed by atoms with Gasteiger partial charge in [0.15, 0.2) is 0 Å². The van der Waals surface area contributed by atoms with Crippen molar-refractivity contribution < 1.29 is 9.53 Å². The number of benzene rings is 1.